The highest BCUT2D eigenvalue weighted by atomic mass is 32.2. The highest BCUT2D eigenvalue weighted by Crippen LogP contribution is 2.28. The number of hydrogen-bond acceptors (Lipinski definition) is 4. The summed E-state index contributed by atoms with van der Waals surface area (Å²) in [7, 11) is -4.37. The lowest BCUT2D eigenvalue weighted by Gasteiger charge is -2.16. The molecule has 1 aliphatic carbocycles. The molecule has 82 valence electrons. The summed E-state index contributed by atoms with van der Waals surface area (Å²) < 4.78 is 31.3. The molecule has 0 fully saturated rings. The van der Waals surface area contributed by atoms with E-state index in [0.717, 1.165) is 6.08 Å². The van der Waals surface area contributed by atoms with Crippen molar-refractivity contribution in [2.24, 2.45) is 0 Å². The molecule has 0 aliphatic heterocycles. The molecule has 0 atom stereocenters. The lowest BCUT2D eigenvalue weighted by atomic mass is 9.94. The van der Waals surface area contributed by atoms with E-state index >= 15 is 0 Å². The molecule has 0 amide bonds. The van der Waals surface area contributed by atoms with Crippen LogP contribution in [0.3, 0.4) is 0 Å². The van der Waals surface area contributed by atoms with Gasteiger partial charge in [-0.2, -0.15) is 8.42 Å². The normalized spacial score (nSPS) is 15.7. The van der Waals surface area contributed by atoms with Crippen molar-refractivity contribution in [3.05, 3.63) is 41.5 Å². The zero-order chi connectivity index (χ0) is 11.9. The molecule has 0 saturated carbocycles. The van der Waals surface area contributed by atoms with Gasteiger partial charge < -0.3 is 0 Å². The van der Waals surface area contributed by atoms with E-state index in [9.17, 15) is 8.42 Å². The van der Waals surface area contributed by atoms with Crippen LogP contribution in [-0.2, 0) is 10.1 Å². The first-order valence-corrected chi connectivity index (χ1v) is 5.81. The monoisotopic (exact) mass is 236 g/mol. The van der Waals surface area contributed by atoms with Crippen molar-refractivity contribution in [3.63, 3.8) is 0 Å². The van der Waals surface area contributed by atoms with Crippen molar-refractivity contribution in [1.82, 2.24) is 0 Å². The smallest absolute Gasteiger partial charge is 0.295 e. The maximum Gasteiger partial charge on any atom is 0.295 e. The Morgan fingerprint density at radius 2 is 1.62 bits per heavy atom. The fraction of sp³-hybridized carbons (Fsp3) is 0. The third-order valence-electron chi connectivity index (χ3n) is 2.28. The molecule has 6 heteroatoms. The molecule has 0 unspecified atom stereocenters. The largest absolute Gasteiger partial charge is 0.299 e. The van der Waals surface area contributed by atoms with Crippen LogP contribution < -0.4 is 0 Å². The van der Waals surface area contributed by atoms with Gasteiger partial charge in [-0.3, -0.25) is 15.4 Å². The molecular weight excluding hydrogens is 228 g/mol. The maximum absolute atomic E-state index is 11.1. The Morgan fingerprint density at radius 3 is 2.19 bits per heavy atom. The van der Waals surface area contributed by atoms with Gasteiger partial charge in [-0.1, -0.05) is 24.3 Å². The predicted octanol–water partition coefficient (Wildman–Crippen LogP) is 1.32. The zero-order valence-electron chi connectivity index (χ0n) is 8.06. The molecule has 1 aromatic rings. The van der Waals surface area contributed by atoms with Gasteiger partial charge in [0.2, 0.25) is 0 Å². The minimum atomic E-state index is -4.37. The average Bonchev–Trinajstić information content (AvgIpc) is 2.22. The summed E-state index contributed by atoms with van der Waals surface area (Å²) in [5.74, 6) is 0. The molecule has 16 heavy (non-hydrogen) atoms. The first kappa shape index (κ1) is 10.7. The Labute approximate surface area is 92.2 Å². The Bertz CT molecular complexity index is 629. The third kappa shape index (κ3) is 1.58. The summed E-state index contributed by atoms with van der Waals surface area (Å²) in [6.45, 7) is 0. The van der Waals surface area contributed by atoms with Gasteiger partial charge in [-0.15, -0.1) is 0 Å². The molecule has 3 N–H and O–H groups in total. The summed E-state index contributed by atoms with van der Waals surface area (Å²) in [5.41, 5.74) is 0.308. The summed E-state index contributed by atoms with van der Waals surface area (Å²) in [4.78, 5) is -0.330. The molecule has 0 saturated heterocycles. The lowest BCUT2D eigenvalue weighted by molar-refractivity contribution is 0.496. The fourth-order valence-corrected chi connectivity index (χ4v) is 2.28. The van der Waals surface area contributed by atoms with E-state index in [-0.39, 0.29) is 21.9 Å². The summed E-state index contributed by atoms with van der Waals surface area (Å²) in [6, 6.07) is 6.30. The van der Waals surface area contributed by atoms with Gasteiger partial charge in [0.25, 0.3) is 10.1 Å². The number of allylic oxidation sites excluding steroid dienone is 1. The Balaban J connectivity index is 2.80. The van der Waals surface area contributed by atoms with Crippen LogP contribution >= 0.6 is 0 Å². The van der Waals surface area contributed by atoms with E-state index in [0.29, 0.717) is 5.56 Å². The molecule has 1 aliphatic rings. The van der Waals surface area contributed by atoms with Crippen molar-refractivity contribution in [3.8, 4) is 0 Å². The quantitative estimate of drug-likeness (QED) is 0.640. The third-order valence-corrected chi connectivity index (χ3v) is 3.18. The van der Waals surface area contributed by atoms with Gasteiger partial charge >= 0.3 is 0 Å². The highest BCUT2D eigenvalue weighted by Gasteiger charge is 2.26. The number of benzene rings is 1. The minimum Gasteiger partial charge on any atom is -0.299 e. The Morgan fingerprint density at radius 1 is 1.06 bits per heavy atom. The molecule has 0 aromatic heterocycles. The molecule has 1 aromatic carbocycles. The molecule has 0 heterocycles. The van der Waals surface area contributed by atoms with Gasteiger partial charge in [0.05, 0.1) is 11.4 Å². The van der Waals surface area contributed by atoms with Crippen LogP contribution in [0.5, 0.6) is 0 Å². The number of rotatable bonds is 1. The minimum absolute atomic E-state index is 0.0528. The molecule has 5 nitrogen and oxygen atoms in total. The van der Waals surface area contributed by atoms with E-state index in [2.05, 4.69) is 0 Å². The second-order valence-corrected chi connectivity index (χ2v) is 4.71. The van der Waals surface area contributed by atoms with E-state index in [4.69, 9.17) is 15.4 Å². The van der Waals surface area contributed by atoms with E-state index in [1.807, 2.05) is 0 Å². The Hall–Kier alpha value is -1.79. The van der Waals surface area contributed by atoms with Crippen LogP contribution in [0.2, 0.25) is 0 Å². The first-order chi connectivity index (χ1) is 7.41. The van der Waals surface area contributed by atoms with Crippen LogP contribution in [0.25, 0.3) is 4.91 Å². The SMILES string of the molecule is N=C1C=C(S(=O)(=O)O)c2ccccc2C1=N. The molecule has 0 bridgehead atoms. The highest BCUT2D eigenvalue weighted by molar-refractivity contribution is 7.95. The standard InChI is InChI=1S/C10H8N2O3S/c11-8-5-9(16(13,14)15)6-3-1-2-4-7(6)10(8)12/h1-5,11-12H,(H,13,14,15). The molecule has 2 rings (SSSR count). The molecule has 0 radical (unpaired) electrons. The zero-order valence-corrected chi connectivity index (χ0v) is 8.88. The second kappa shape index (κ2) is 3.36. The maximum atomic E-state index is 11.1. The average molecular weight is 236 g/mol. The fourth-order valence-electron chi connectivity index (χ4n) is 1.56. The van der Waals surface area contributed by atoms with Gasteiger partial charge in [-0.25, -0.2) is 0 Å². The van der Waals surface area contributed by atoms with Crippen molar-refractivity contribution in [2.75, 3.05) is 0 Å². The summed E-state index contributed by atoms with van der Waals surface area (Å²) in [5, 5.41) is 15.1. The van der Waals surface area contributed by atoms with Crippen LogP contribution in [0, 0.1) is 10.8 Å². The van der Waals surface area contributed by atoms with Crippen LogP contribution in [0.4, 0.5) is 0 Å². The van der Waals surface area contributed by atoms with Gasteiger partial charge in [-0.05, 0) is 6.08 Å². The number of hydrogen-bond donors (Lipinski definition) is 3. The van der Waals surface area contributed by atoms with E-state index in [1.165, 1.54) is 6.07 Å². The number of nitrogens with one attached hydrogen (secondary N) is 2. The molecule has 0 spiro atoms. The van der Waals surface area contributed by atoms with Gasteiger partial charge in [0.1, 0.15) is 4.91 Å². The van der Waals surface area contributed by atoms with E-state index < -0.39 is 10.1 Å². The summed E-state index contributed by atoms with van der Waals surface area (Å²) in [6.07, 6.45) is 0.986. The topological polar surface area (TPSA) is 102 Å². The van der Waals surface area contributed by atoms with Crippen molar-refractivity contribution in [2.45, 2.75) is 0 Å². The number of fused-ring (bicyclic) bond motifs is 1. The van der Waals surface area contributed by atoms with Crippen molar-refractivity contribution >= 4 is 26.4 Å². The van der Waals surface area contributed by atoms with Crippen LogP contribution in [0.15, 0.2) is 30.3 Å². The van der Waals surface area contributed by atoms with Gasteiger partial charge in [0, 0.05) is 11.1 Å². The summed E-state index contributed by atoms with van der Waals surface area (Å²) >= 11 is 0. The lowest BCUT2D eigenvalue weighted by Crippen LogP contribution is -2.20. The van der Waals surface area contributed by atoms with Crippen molar-refractivity contribution < 1.29 is 13.0 Å². The van der Waals surface area contributed by atoms with Crippen LogP contribution in [-0.4, -0.2) is 24.4 Å². The second-order valence-electron chi connectivity index (χ2n) is 3.32. The Kier molecular flexibility index (Phi) is 2.25. The van der Waals surface area contributed by atoms with Gasteiger partial charge in [0.15, 0.2) is 0 Å². The van der Waals surface area contributed by atoms with Crippen LogP contribution in [0.1, 0.15) is 11.1 Å². The van der Waals surface area contributed by atoms with E-state index in [1.54, 1.807) is 18.2 Å². The molecular formula is C10H8N2O3S. The van der Waals surface area contributed by atoms with Crippen molar-refractivity contribution in [1.29, 1.82) is 10.8 Å². The predicted molar refractivity (Wildman–Crippen MR) is 60.5 cm³/mol. The first-order valence-electron chi connectivity index (χ1n) is 4.37.